The number of aromatic nitrogens is 1. The molecule has 106 valence electrons. The lowest BCUT2D eigenvalue weighted by Crippen LogP contribution is -2.35. The molecule has 20 heavy (non-hydrogen) atoms. The molecular formula is C14H18N4O2. The third-order valence-corrected chi connectivity index (χ3v) is 3.40. The zero-order chi connectivity index (χ0) is 14.1. The molecule has 6 heteroatoms. The summed E-state index contributed by atoms with van der Waals surface area (Å²) in [6, 6.07) is 5.96. The number of rotatable bonds is 3. The maximum absolute atomic E-state index is 12.0. The van der Waals surface area contributed by atoms with Crippen LogP contribution in [0.4, 0.5) is 11.7 Å². The number of anilines is 2. The predicted octanol–water partition coefficient (Wildman–Crippen LogP) is 1.58. The Hall–Kier alpha value is -2.08. The fraction of sp³-hybridized carbons (Fsp3) is 0.429. The van der Waals surface area contributed by atoms with Gasteiger partial charge >= 0.3 is 0 Å². The number of amides is 1. The SMILES string of the molecule is CN(C)c1nc2cc(NC(=O)[C@@H]3CCCN3)ccc2o1. The second-order valence-electron chi connectivity index (χ2n) is 5.21. The lowest BCUT2D eigenvalue weighted by atomic mass is 10.2. The van der Waals surface area contributed by atoms with Gasteiger partial charge in [-0.15, -0.1) is 0 Å². The van der Waals surface area contributed by atoms with E-state index in [4.69, 9.17) is 4.42 Å². The molecule has 0 radical (unpaired) electrons. The van der Waals surface area contributed by atoms with E-state index in [2.05, 4.69) is 15.6 Å². The van der Waals surface area contributed by atoms with E-state index in [1.54, 1.807) is 4.90 Å². The van der Waals surface area contributed by atoms with Crippen molar-refractivity contribution in [2.45, 2.75) is 18.9 Å². The first-order chi connectivity index (χ1) is 9.63. The van der Waals surface area contributed by atoms with Crippen molar-refractivity contribution in [1.29, 1.82) is 0 Å². The zero-order valence-corrected chi connectivity index (χ0v) is 11.6. The average molecular weight is 274 g/mol. The van der Waals surface area contributed by atoms with Crippen LogP contribution in [0.15, 0.2) is 22.6 Å². The van der Waals surface area contributed by atoms with Crippen LogP contribution < -0.4 is 15.5 Å². The third-order valence-electron chi connectivity index (χ3n) is 3.40. The van der Waals surface area contributed by atoms with Gasteiger partial charge in [0.05, 0.1) is 6.04 Å². The van der Waals surface area contributed by atoms with Gasteiger partial charge in [0.25, 0.3) is 6.01 Å². The van der Waals surface area contributed by atoms with Crippen LogP contribution in [-0.4, -0.2) is 37.6 Å². The number of hydrogen-bond acceptors (Lipinski definition) is 5. The highest BCUT2D eigenvalue weighted by molar-refractivity contribution is 5.96. The lowest BCUT2D eigenvalue weighted by Gasteiger charge is -2.10. The molecule has 1 aliphatic rings. The Morgan fingerprint density at radius 3 is 3.05 bits per heavy atom. The summed E-state index contributed by atoms with van der Waals surface area (Å²) in [5, 5.41) is 6.10. The van der Waals surface area contributed by atoms with E-state index in [0.717, 1.165) is 30.6 Å². The van der Waals surface area contributed by atoms with Gasteiger partial charge in [0.1, 0.15) is 5.52 Å². The van der Waals surface area contributed by atoms with Crippen LogP contribution in [0.5, 0.6) is 0 Å². The van der Waals surface area contributed by atoms with Gasteiger partial charge in [0, 0.05) is 19.8 Å². The largest absolute Gasteiger partial charge is 0.423 e. The molecule has 1 fully saturated rings. The molecule has 1 aliphatic heterocycles. The van der Waals surface area contributed by atoms with Crippen molar-refractivity contribution in [2.24, 2.45) is 0 Å². The quantitative estimate of drug-likeness (QED) is 0.889. The van der Waals surface area contributed by atoms with Crippen LogP contribution in [0.25, 0.3) is 11.1 Å². The smallest absolute Gasteiger partial charge is 0.297 e. The first-order valence-electron chi connectivity index (χ1n) is 6.75. The molecule has 2 N–H and O–H groups in total. The summed E-state index contributed by atoms with van der Waals surface area (Å²) in [5.41, 5.74) is 2.20. The second-order valence-corrected chi connectivity index (χ2v) is 5.21. The minimum absolute atomic E-state index is 0.0122. The number of fused-ring (bicyclic) bond motifs is 1. The fourth-order valence-corrected chi connectivity index (χ4v) is 2.32. The average Bonchev–Trinajstić information content (AvgIpc) is 3.07. The maximum atomic E-state index is 12.0. The molecule has 2 aromatic rings. The molecule has 0 saturated carbocycles. The van der Waals surface area contributed by atoms with E-state index >= 15 is 0 Å². The van der Waals surface area contributed by atoms with Gasteiger partial charge in [-0.3, -0.25) is 4.79 Å². The van der Waals surface area contributed by atoms with Gasteiger partial charge in [0.15, 0.2) is 5.58 Å². The van der Waals surface area contributed by atoms with E-state index in [-0.39, 0.29) is 11.9 Å². The summed E-state index contributed by atoms with van der Waals surface area (Å²) in [4.78, 5) is 18.2. The highest BCUT2D eigenvalue weighted by atomic mass is 16.4. The van der Waals surface area contributed by atoms with E-state index in [1.165, 1.54) is 0 Å². The molecular weight excluding hydrogens is 256 g/mol. The van der Waals surface area contributed by atoms with Crippen molar-refractivity contribution < 1.29 is 9.21 Å². The number of nitrogens with zero attached hydrogens (tertiary/aromatic N) is 2. The van der Waals surface area contributed by atoms with Crippen molar-refractivity contribution in [2.75, 3.05) is 30.9 Å². The first-order valence-corrected chi connectivity index (χ1v) is 6.75. The van der Waals surface area contributed by atoms with Crippen molar-refractivity contribution in [3.8, 4) is 0 Å². The standard InChI is InChI=1S/C14H18N4O2/c1-18(2)14-17-11-8-9(5-6-12(11)20-14)16-13(19)10-4-3-7-15-10/h5-6,8,10,15H,3-4,7H2,1-2H3,(H,16,19)/t10-/m0/s1. The molecule has 2 heterocycles. The Labute approximate surface area is 117 Å². The van der Waals surface area contributed by atoms with Gasteiger partial charge in [-0.05, 0) is 37.6 Å². The Morgan fingerprint density at radius 2 is 2.35 bits per heavy atom. The van der Waals surface area contributed by atoms with Crippen LogP contribution in [-0.2, 0) is 4.79 Å². The van der Waals surface area contributed by atoms with Gasteiger partial charge in [-0.25, -0.2) is 0 Å². The van der Waals surface area contributed by atoms with Gasteiger partial charge in [-0.2, -0.15) is 4.98 Å². The van der Waals surface area contributed by atoms with E-state index < -0.39 is 0 Å². The normalized spacial score (nSPS) is 18.4. The Bertz CT molecular complexity index is 629. The van der Waals surface area contributed by atoms with E-state index in [9.17, 15) is 4.79 Å². The molecule has 6 nitrogen and oxygen atoms in total. The first kappa shape index (κ1) is 12.9. The van der Waals surface area contributed by atoms with E-state index in [0.29, 0.717) is 11.6 Å². The fourth-order valence-electron chi connectivity index (χ4n) is 2.32. The highest BCUT2D eigenvalue weighted by Crippen LogP contribution is 2.23. The topological polar surface area (TPSA) is 70.4 Å². The molecule has 3 rings (SSSR count). The number of carbonyl (C=O) groups is 1. The van der Waals surface area contributed by atoms with Gasteiger partial charge in [0.2, 0.25) is 5.91 Å². The van der Waals surface area contributed by atoms with Crippen molar-refractivity contribution in [1.82, 2.24) is 10.3 Å². The number of hydrogen-bond donors (Lipinski definition) is 2. The molecule has 1 aromatic carbocycles. The lowest BCUT2D eigenvalue weighted by molar-refractivity contribution is -0.117. The third kappa shape index (κ3) is 2.46. The molecule has 1 amide bonds. The summed E-state index contributed by atoms with van der Waals surface area (Å²) < 4.78 is 5.58. The van der Waals surface area contributed by atoms with Crippen LogP contribution in [0.3, 0.4) is 0 Å². The van der Waals surface area contributed by atoms with Crippen LogP contribution in [0, 0.1) is 0 Å². The van der Waals surface area contributed by atoms with Crippen LogP contribution >= 0.6 is 0 Å². The van der Waals surface area contributed by atoms with Crippen LogP contribution in [0.1, 0.15) is 12.8 Å². The summed E-state index contributed by atoms with van der Waals surface area (Å²) in [7, 11) is 3.75. The van der Waals surface area contributed by atoms with Crippen molar-refractivity contribution in [3.05, 3.63) is 18.2 Å². The summed E-state index contributed by atoms with van der Waals surface area (Å²) >= 11 is 0. The highest BCUT2D eigenvalue weighted by Gasteiger charge is 2.22. The molecule has 1 atom stereocenters. The Kier molecular flexibility index (Phi) is 3.31. The van der Waals surface area contributed by atoms with Gasteiger partial charge in [-0.1, -0.05) is 0 Å². The Balaban J connectivity index is 1.79. The van der Waals surface area contributed by atoms with E-state index in [1.807, 2.05) is 32.3 Å². The molecule has 0 spiro atoms. The van der Waals surface area contributed by atoms with Crippen molar-refractivity contribution in [3.63, 3.8) is 0 Å². The summed E-state index contributed by atoms with van der Waals surface area (Å²) in [6.45, 7) is 0.909. The molecule has 1 saturated heterocycles. The molecule has 1 aromatic heterocycles. The number of oxazole rings is 1. The number of benzene rings is 1. The summed E-state index contributed by atoms with van der Waals surface area (Å²) in [6.07, 6.45) is 1.94. The molecule has 0 bridgehead atoms. The predicted molar refractivity (Wildman–Crippen MR) is 78.0 cm³/mol. The van der Waals surface area contributed by atoms with Crippen LogP contribution in [0.2, 0.25) is 0 Å². The minimum atomic E-state index is -0.0830. The van der Waals surface area contributed by atoms with Crippen molar-refractivity contribution >= 4 is 28.7 Å². The molecule has 0 unspecified atom stereocenters. The zero-order valence-electron chi connectivity index (χ0n) is 11.6. The number of nitrogens with one attached hydrogen (secondary N) is 2. The number of carbonyl (C=O) groups excluding carboxylic acids is 1. The van der Waals surface area contributed by atoms with Gasteiger partial charge < -0.3 is 20.0 Å². The maximum Gasteiger partial charge on any atom is 0.297 e. The monoisotopic (exact) mass is 274 g/mol. The Morgan fingerprint density at radius 1 is 1.50 bits per heavy atom. The summed E-state index contributed by atoms with van der Waals surface area (Å²) in [5.74, 6) is 0.0122. The molecule has 0 aliphatic carbocycles. The minimum Gasteiger partial charge on any atom is -0.423 e. The second kappa shape index (κ2) is 5.13.